The van der Waals surface area contributed by atoms with Gasteiger partial charge in [0.25, 0.3) is 9.05 Å². The maximum atomic E-state index is 11.1. The predicted molar refractivity (Wildman–Crippen MR) is 78.7 cm³/mol. The first-order chi connectivity index (χ1) is 8.45. The Morgan fingerprint density at radius 2 is 1.33 bits per heavy atom. The molecule has 0 bridgehead atoms. The molecule has 0 amide bonds. The Labute approximate surface area is 123 Å². The number of ether oxygens (including phenoxy) is 1. The highest BCUT2D eigenvalue weighted by Gasteiger charge is 2.09. The molecule has 0 radical (unpaired) electrons. The predicted octanol–water partition coefficient (Wildman–Crippen LogP) is 4.01. The van der Waals surface area contributed by atoms with Crippen molar-refractivity contribution in [2.45, 2.75) is 4.90 Å². The van der Waals surface area contributed by atoms with Crippen molar-refractivity contribution in [3.63, 3.8) is 0 Å². The van der Waals surface area contributed by atoms with E-state index in [2.05, 4.69) is 22.6 Å². The summed E-state index contributed by atoms with van der Waals surface area (Å²) in [5.41, 5.74) is 0. The van der Waals surface area contributed by atoms with Crippen molar-refractivity contribution in [1.29, 1.82) is 0 Å². The van der Waals surface area contributed by atoms with E-state index in [4.69, 9.17) is 15.4 Å². The Morgan fingerprint density at radius 3 is 1.78 bits per heavy atom. The van der Waals surface area contributed by atoms with Crippen LogP contribution in [-0.4, -0.2) is 8.42 Å². The van der Waals surface area contributed by atoms with Crippen molar-refractivity contribution in [2.75, 3.05) is 0 Å². The number of hydrogen-bond donors (Lipinski definition) is 0. The van der Waals surface area contributed by atoms with Crippen LogP contribution >= 0.6 is 33.3 Å². The van der Waals surface area contributed by atoms with Crippen LogP contribution < -0.4 is 4.74 Å². The van der Waals surface area contributed by atoms with E-state index in [9.17, 15) is 8.42 Å². The molecule has 94 valence electrons. The fraction of sp³-hybridized carbons (Fsp3) is 0. The van der Waals surface area contributed by atoms with Gasteiger partial charge >= 0.3 is 0 Å². The SMILES string of the molecule is O=S(=O)(Cl)c1ccc(Oc2ccc(I)cc2)cc1. The van der Waals surface area contributed by atoms with Crippen LogP contribution in [0.3, 0.4) is 0 Å². The molecular weight excluding hydrogens is 387 g/mol. The van der Waals surface area contributed by atoms with Gasteiger partial charge in [0.2, 0.25) is 0 Å². The van der Waals surface area contributed by atoms with Crippen molar-refractivity contribution >= 4 is 42.3 Å². The molecule has 2 rings (SSSR count). The van der Waals surface area contributed by atoms with Crippen LogP contribution in [0.15, 0.2) is 53.4 Å². The number of benzene rings is 2. The summed E-state index contributed by atoms with van der Waals surface area (Å²) in [6.45, 7) is 0. The van der Waals surface area contributed by atoms with Gasteiger partial charge in [-0.25, -0.2) is 8.42 Å². The summed E-state index contributed by atoms with van der Waals surface area (Å²) in [6.07, 6.45) is 0. The quantitative estimate of drug-likeness (QED) is 0.583. The van der Waals surface area contributed by atoms with Gasteiger partial charge in [-0.15, -0.1) is 0 Å². The third-order valence-electron chi connectivity index (χ3n) is 2.15. The maximum absolute atomic E-state index is 11.1. The van der Waals surface area contributed by atoms with E-state index in [1.54, 1.807) is 12.1 Å². The zero-order chi connectivity index (χ0) is 13.2. The van der Waals surface area contributed by atoms with Gasteiger partial charge in [-0.3, -0.25) is 0 Å². The fourth-order valence-corrected chi connectivity index (χ4v) is 2.44. The molecule has 0 unspecified atom stereocenters. The lowest BCUT2D eigenvalue weighted by atomic mass is 10.3. The minimum atomic E-state index is -3.68. The monoisotopic (exact) mass is 394 g/mol. The minimum Gasteiger partial charge on any atom is -0.457 e. The summed E-state index contributed by atoms with van der Waals surface area (Å²) in [5.74, 6) is 1.25. The molecular formula is C12H8ClIO3S. The van der Waals surface area contributed by atoms with Gasteiger partial charge in [-0.1, -0.05) is 0 Å². The highest BCUT2D eigenvalue weighted by Crippen LogP contribution is 2.24. The molecule has 0 aromatic heterocycles. The second-order valence-corrected chi connectivity index (χ2v) is 7.28. The zero-order valence-corrected chi connectivity index (χ0v) is 12.7. The summed E-state index contributed by atoms with van der Waals surface area (Å²) >= 11 is 2.20. The Hall–Kier alpha value is -0.790. The van der Waals surface area contributed by atoms with Gasteiger partial charge in [-0.05, 0) is 71.1 Å². The van der Waals surface area contributed by atoms with E-state index in [0.717, 1.165) is 3.57 Å². The maximum Gasteiger partial charge on any atom is 0.261 e. The van der Waals surface area contributed by atoms with Crippen molar-refractivity contribution in [1.82, 2.24) is 0 Å². The Bertz CT molecular complexity index is 636. The molecule has 2 aromatic rings. The first kappa shape index (κ1) is 13.6. The topological polar surface area (TPSA) is 43.4 Å². The van der Waals surface area contributed by atoms with Crippen LogP contribution in [0.25, 0.3) is 0 Å². The third-order valence-corrected chi connectivity index (χ3v) is 4.24. The van der Waals surface area contributed by atoms with Crippen LogP contribution in [0.4, 0.5) is 0 Å². The third kappa shape index (κ3) is 3.60. The molecule has 3 nitrogen and oxygen atoms in total. The van der Waals surface area contributed by atoms with Gasteiger partial charge in [0.15, 0.2) is 0 Å². The molecule has 0 atom stereocenters. The van der Waals surface area contributed by atoms with E-state index in [-0.39, 0.29) is 4.90 Å². The lowest BCUT2D eigenvalue weighted by Crippen LogP contribution is -1.90. The molecule has 0 aliphatic heterocycles. The van der Waals surface area contributed by atoms with Crippen LogP contribution in [0.5, 0.6) is 11.5 Å². The number of rotatable bonds is 3. The lowest BCUT2D eigenvalue weighted by molar-refractivity contribution is 0.482. The van der Waals surface area contributed by atoms with E-state index in [1.165, 1.54) is 12.1 Å². The summed E-state index contributed by atoms with van der Waals surface area (Å²) in [6, 6.07) is 13.5. The normalized spacial score (nSPS) is 11.2. The van der Waals surface area contributed by atoms with Crippen molar-refractivity contribution < 1.29 is 13.2 Å². The Kier molecular flexibility index (Phi) is 4.14. The van der Waals surface area contributed by atoms with Gasteiger partial charge in [0.1, 0.15) is 11.5 Å². The van der Waals surface area contributed by atoms with Gasteiger partial charge in [0, 0.05) is 14.3 Å². The smallest absolute Gasteiger partial charge is 0.261 e. The Morgan fingerprint density at radius 1 is 0.889 bits per heavy atom. The summed E-state index contributed by atoms with van der Waals surface area (Å²) in [7, 11) is 1.54. The zero-order valence-electron chi connectivity index (χ0n) is 9.01. The molecule has 0 spiro atoms. The molecule has 0 saturated carbocycles. The van der Waals surface area contributed by atoms with E-state index < -0.39 is 9.05 Å². The molecule has 18 heavy (non-hydrogen) atoms. The van der Waals surface area contributed by atoms with Crippen molar-refractivity contribution in [3.8, 4) is 11.5 Å². The second-order valence-electron chi connectivity index (χ2n) is 3.47. The van der Waals surface area contributed by atoms with E-state index in [0.29, 0.717) is 11.5 Å². The molecule has 2 aromatic carbocycles. The molecule has 0 saturated heterocycles. The van der Waals surface area contributed by atoms with Crippen LogP contribution in [0.1, 0.15) is 0 Å². The van der Waals surface area contributed by atoms with Crippen LogP contribution in [-0.2, 0) is 9.05 Å². The summed E-state index contributed by atoms with van der Waals surface area (Å²) in [5, 5.41) is 0. The first-order valence-electron chi connectivity index (χ1n) is 4.93. The molecule has 0 fully saturated rings. The minimum absolute atomic E-state index is 0.0547. The van der Waals surface area contributed by atoms with Gasteiger partial charge < -0.3 is 4.74 Å². The molecule has 0 N–H and O–H groups in total. The molecule has 0 aliphatic rings. The van der Waals surface area contributed by atoms with E-state index >= 15 is 0 Å². The highest BCUT2D eigenvalue weighted by atomic mass is 127. The van der Waals surface area contributed by atoms with Crippen LogP contribution in [0, 0.1) is 3.57 Å². The van der Waals surface area contributed by atoms with E-state index in [1.807, 2.05) is 24.3 Å². The van der Waals surface area contributed by atoms with Crippen molar-refractivity contribution in [3.05, 3.63) is 52.1 Å². The fourth-order valence-electron chi connectivity index (χ4n) is 1.31. The standard InChI is InChI=1S/C12H8ClIO3S/c13-18(15,16)12-7-5-11(6-8-12)17-10-3-1-9(14)2-4-10/h1-8H. The second kappa shape index (κ2) is 5.46. The lowest BCUT2D eigenvalue weighted by Gasteiger charge is -2.05. The average molecular weight is 395 g/mol. The summed E-state index contributed by atoms with van der Waals surface area (Å²) < 4.78 is 28.8. The number of hydrogen-bond acceptors (Lipinski definition) is 3. The molecule has 0 heterocycles. The summed E-state index contributed by atoms with van der Waals surface area (Å²) in [4.78, 5) is 0.0547. The molecule has 0 aliphatic carbocycles. The number of halogens is 2. The van der Waals surface area contributed by atoms with Gasteiger partial charge in [-0.2, -0.15) is 0 Å². The highest BCUT2D eigenvalue weighted by molar-refractivity contribution is 14.1. The first-order valence-corrected chi connectivity index (χ1v) is 8.32. The Balaban J connectivity index is 2.18. The largest absolute Gasteiger partial charge is 0.457 e. The van der Waals surface area contributed by atoms with Crippen molar-refractivity contribution in [2.24, 2.45) is 0 Å². The average Bonchev–Trinajstić information content (AvgIpc) is 2.32. The molecule has 6 heteroatoms. The van der Waals surface area contributed by atoms with Crippen LogP contribution in [0.2, 0.25) is 0 Å². The van der Waals surface area contributed by atoms with Gasteiger partial charge in [0.05, 0.1) is 4.90 Å².